The molecule has 28 heteroatoms. The Morgan fingerprint density at radius 3 is 1.63 bits per heavy atom. The van der Waals surface area contributed by atoms with E-state index in [0.29, 0.717) is 28.0 Å². The molecule has 3 aromatic heterocycles. The number of imidazole rings is 1. The summed E-state index contributed by atoms with van der Waals surface area (Å²) in [4.78, 5) is 163. The molecule has 27 nitrogen and oxygen atoms in total. The summed E-state index contributed by atoms with van der Waals surface area (Å²) in [5, 5.41) is 25.1. The van der Waals surface area contributed by atoms with Crippen molar-refractivity contribution in [3.05, 3.63) is 90.3 Å². The first-order valence-electron chi connectivity index (χ1n) is 28.6. The number of aromatic amines is 3. The topological polar surface area (TPSA) is 418 Å². The number of nitrogens with two attached hydrogens (primary N) is 2. The molecule has 0 unspecified atom stereocenters. The minimum absolute atomic E-state index is 0.0572. The number of carbonyl (C=O) groups excluding carboxylic acids is 11. The maximum atomic E-state index is 14.5. The number of fused-ring (bicyclic) bond motifs is 2. The highest BCUT2D eigenvalue weighted by atomic mass is 32.2. The second-order valence-corrected chi connectivity index (χ2v) is 24.0. The number of alkyl carbamates (subject to hydrolysis) is 1. The van der Waals surface area contributed by atoms with Crippen LogP contribution in [0.5, 0.6) is 0 Å². The van der Waals surface area contributed by atoms with Gasteiger partial charge in [0.25, 0.3) is 0 Å². The van der Waals surface area contributed by atoms with Gasteiger partial charge in [-0.05, 0) is 94.1 Å². The van der Waals surface area contributed by atoms with Crippen LogP contribution in [0.3, 0.4) is 0 Å². The molecule has 0 spiro atoms. The lowest BCUT2D eigenvalue weighted by Gasteiger charge is -2.27. The van der Waals surface area contributed by atoms with Crippen molar-refractivity contribution in [2.75, 3.05) is 18.6 Å². The fourth-order valence-corrected chi connectivity index (χ4v) is 9.79. The third-order valence-corrected chi connectivity index (χ3v) is 14.5. The predicted molar refractivity (Wildman–Crippen MR) is 327 cm³/mol. The lowest BCUT2D eigenvalue weighted by atomic mass is 10.0. The SMILES string of the molecule is CSCC[C@H](NC(=O)[C@H](CC(C)C)NC(=O)[C@H](Cc1cnc[nH]1)NC(=O)CNC(=O)[C@@H](NC(=O)[C@H](C)NC(=O)[C@@H](Cc1c[nH]c2ccccc12)NC(=O)[C@H](CCC(N)=O)NC(=O)[C@H](Cc1c[nH]c2ccccc12)NC(=O)OC(C)(C)C)C(C)C)C(N)=O. The van der Waals surface area contributed by atoms with Crippen LogP contribution >= 0.6 is 11.8 Å². The molecule has 0 aliphatic rings. The molecule has 87 heavy (non-hydrogen) atoms. The Kier molecular flexibility index (Phi) is 25.7. The molecule has 0 bridgehead atoms. The van der Waals surface area contributed by atoms with Crippen LogP contribution in [0.1, 0.15) is 97.9 Å². The van der Waals surface area contributed by atoms with Crippen molar-refractivity contribution in [1.82, 2.24) is 67.8 Å². The minimum Gasteiger partial charge on any atom is -0.444 e. The van der Waals surface area contributed by atoms with Crippen LogP contribution in [-0.4, -0.2) is 158 Å². The number of primary amides is 2. The van der Waals surface area contributed by atoms with Crippen LogP contribution in [0.25, 0.3) is 21.8 Å². The fourth-order valence-electron chi connectivity index (χ4n) is 9.32. The van der Waals surface area contributed by atoms with E-state index in [1.54, 1.807) is 65.2 Å². The van der Waals surface area contributed by atoms with E-state index in [2.05, 4.69) is 67.8 Å². The van der Waals surface area contributed by atoms with Crippen molar-refractivity contribution < 1.29 is 57.5 Å². The molecule has 3 heterocycles. The molecule has 0 radical (unpaired) electrons. The van der Waals surface area contributed by atoms with E-state index in [0.717, 1.165) is 16.4 Å². The van der Waals surface area contributed by atoms with Crippen molar-refractivity contribution in [3.8, 4) is 0 Å². The van der Waals surface area contributed by atoms with Gasteiger partial charge in [-0.3, -0.25) is 47.9 Å². The fraction of sp³-hybridized carbons (Fsp3) is 0.492. The van der Waals surface area contributed by atoms with E-state index < -0.39 is 132 Å². The zero-order valence-electron chi connectivity index (χ0n) is 50.5. The van der Waals surface area contributed by atoms with Gasteiger partial charge in [0.2, 0.25) is 59.1 Å². The molecule has 16 N–H and O–H groups in total. The van der Waals surface area contributed by atoms with Crippen LogP contribution in [0.4, 0.5) is 4.79 Å². The van der Waals surface area contributed by atoms with E-state index >= 15 is 0 Å². The van der Waals surface area contributed by atoms with Gasteiger partial charge in [-0.1, -0.05) is 64.1 Å². The highest BCUT2D eigenvalue weighted by molar-refractivity contribution is 7.98. The summed E-state index contributed by atoms with van der Waals surface area (Å²) in [7, 11) is 0. The summed E-state index contributed by atoms with van der Waals surface area (Å²) in [6, 6.07) is 4.24. The van der Waals surface area contributed by atoms with Gasteiger partial charge in [-0.25, -0.2) is 9.78 Å². The van der Waals surface area contributed by atoms with Crippen LogP contribution in [0, 0.1) is 11.8 Å². The van der Waals surface area contributed by atoms with Gasteiger partial charge in [0, 0.05) is 71.8 Å². The van der Waals surface area contributed by atoms with Crippen molar-refractivity contribution in [1.29, 1.82) is 0 Å². The highest BCUT2D eigenvalue weighted by Crippen LogP contribution is 2.22. The first-order valence-corrected chi connectivity index (χ1v) is 30.0. The molecule has 472 valence electrons. The van der Waals surface area contributed by atoms with Crippen LogP contribution in [0.15, 0.2) is 73.4 Å². The number of aromatic nitrogens is 4. The zero-order chi connectivity index (χ0) is 64.1. The van der Waals surface area contributed by atoms with E-state index in [9.17, 15) is 52.7 Å². The Morgan fingerprint density at radius 2 is 1.10 bits per heavy atom. The van der Waals surface area contributed by atoms with Crippen LogP contribution < -0.4 is 59.3 Å². The maximum Gasteiger partial charge on any atom is 0.408 e. The van der Waals surface area contributed by atoms with Gasteiger partial charge in [0.1, 0.15) is 53.9 Å². The van der Waals surface area contributed by atoms with Crippen LogP contribution in [0.2, 0.25) is 0 Å². The molecule has 11 amide bonds. The average molecular weight is 1230 g/mol. The third-order valence-electron chi connectivity index (χ3n) is 13.8. The lowest BCUT2D eigenvalue weighted by Crippen LogP contribution is -2.60. The zero-order valence-corrected chi connectivity index (χ0v) is 51.3. The monoisotopic (exact) mass is 1230 g/mol. The van der Waals surface area contributed by atoms with Crippen LogP contribution in [-0.2, 0) is 71.9 Å². The number of benzene rings is 2. The van der Waals surface area contributed by atoms with Crippen molar-refractivity contribution in [2.24, 2.45) is 23.3 Å². The summed E-state index contributed by atoms with van der Waals surface area (Å²) < 4.78 is 5.48. The number of H-pyrrole nitrogens is 3. The normalized spacial score (nSPS) is 14.2. The second kappa shape index (κ2) is 32.5. The Hall–Kier alpha value is -8.95. The Bertz CT molecular complexity index is 3210. The molecule has 0 saturated heterocycles. The lowest BCUT2D eigenvalue weighted by molar-refractivity contribution is -0.135. The first-order chi connectivity index (χ1) is 41.1. The number of hydrogen-bond donors (Lipinski definition) is 14. The highest BCUT2D eigenvalue weighted by Gasteiger charge is 2.35. The molecule has 0 aliphatic carbocycles. The molecule has 5 aromatic rings. The number of rotatable bonds is 33. The van der Waals surface area contributed by atoms with Crippen molar-refractivity contribution >= 4 is 98.7 Å². The molecule has 8 atom stereocenters. The summed E-state index contributed by atoms with van der Waals surface area (Å²) in [5.41, 5.74) is 13.4. The number of amides is 11. The van der Waals surface area contributed by atoms with E-state index in [-0.39, 0.29) is 50.9 Å². The molecular formula is C59H83N15O12S. The Balaban J connectivity index is 1.30. The molecule has 0 fully saturated rings. The number of ether oxygens (including phenoxy) is 1. The van der Waals surface area contributed by atoms with E-state index in [1.165, 1.54) is 31.2 Å². The second-order valence-electron chi connectivity index (χ2n) is 23.0. The molecule has 2 aromatic carbocycles. The molecule has 0 aliphatic heterocycles. The average Bonchev–Trinajstić information content (AvgIpc) is 2.32. The van der Waals surface area contributed by atoms with E-state index in [4.69, 9.17) is 16.2 Å². The van der Waals surface area contributed by atoms with Gasteiger partial charge in [0.05, 0.1) is 12.9 Å². The van der Waals surface area contributed by atoms with Gasteiger partial charge < -0.3 is 79.0 Å². The number of para-hydroxylation sites is 2. The number of nitrogens with zero attached hydrogens (tertiary/aromatic N) is 1. The summed E-state index contributed by atoms with van der Waals surface area (Å²) in [5.74, 6) is -8.07. The Morgan fingerprint density at radius 1 is 0.586 bits per heavy atom. The molecule has 5 rings (SSSR count). The van der Waals surface area contributed by atoms with Gasteiger partial charge in [-0.2, -0.15) is 11.8 Å². The Labute approximate surface area is 508 Å². The van der Waals surface area contributed by atoms with Crippen molar-refractivity contribution in [2.45, 2.75) is 154 Å². The largest absolute Gasteiger partial charge is 0.444 e. The smallest absolute Gasteiger partial charge is 0.408 e. The van der Waals surface area contributed by atoms with Crippen molar-refractivity contribution in [3.63, 3.8) is 0 Å². The minimum atomic E-state index is -1.50. The number of hydrogen-bond acceptors (Lipinski definition) is 14. The maximum absolute atomic E-state index is 14.5. The molecule has 0 saturated carbocycles. The number of thioether (sulfide) groups is 1. The quantitative estimate of drug-likeness (QED) is 0.0279. The summed E-state index contributed by atoms with van der Waals surface area (Å²) >= 11 is 1.46. The number of carbonyl (C=O) groups is 11. The van der Waals surface area contributed by atoms with Gasteiger partial charge >= 0.3 is 6.09 Å². The standard InChI is InChI=1S/C59H83N15O12S/c1-31(2)22-43(54(81)69-41(50(61)77)20-21-87-9)71-56(83)46(25-36-28-62-30-66-36)68-48(76)29-65-57(84)49(32(3)4)74-51(78)33(5)67-53(80)44(23-34-26-63-39-16-12-10-14-37(34)39)72-52(79)42(18-19-47(60)75)70-55(82)45(73-58(85)86-59(6,7)8)24-35-27-64-40-17-13-11-15-38(35)40/h10-17,26-28,30-33,41-46,49,63-64H,18-25,29H2,1-9H3,(H2,60,75)(H2,61,77)(H,62,66)(H,65,84)(H,67,80)(H,68,76)(H,69,81)(H,70,82)(H,71,83)(H,72,79)(H,73,85)(H,74,78)/t33-,41-,42-,43-,44+,45-,46-,49-/m0/s1. The first kappa shape index (κ1) is 68.8. The van der Waals surface area contributed by atoms with E-state index in [1.807, 2.05) is 50.4 Å². The number of nitrogens with one attached hydrogen (secondary N) is 12. The third kappa shape index (κ3) is 21.8. The predicted octanol–water partition coefficient (Wildman–Crippen LogP) is 1.03. The summed E-state index contributed by atoms with van der Waals surface area (Å²) in [6.45, 7) is 12.6. The van der Waals surface area contributed by atoms with Gasteiger partial charge in [0.15, 0.2) is 0 Å². The summed E-state index contributed by atoms with van der Waals surface area (Å²) in [6.07, 6.45) is 6.53. The molecular weight excluding hydrogens is 1140 g/mol. The van der Waals surface area contributed by atoms with Gasteiger partial charge in [-0.15, -0.1) is 0 Å².